The molecule has 19 heavy (non-hydrogen) atoms. The number of amides is 1. The molecule has 0 saturated carbocycles. The van der Waals surface area contributed by atoms with Gasteiger partial charge in [0.05, 0.1) is 0 Å². The van der Waals surface area contributed by atoms with Gasteiger partial charge in [0, 0.05) is 0 Å². The predicted octanol–water partition coefficient (Wildman–Crippen LogP) is 1.25. The van der Waals surface area contributed by atoms with E-state index in [1.54, 1.807) is 0 Å². The SMILES string of the molecule is O=C(Nc1n[nH]c(C(=O)O)n1)OCc1ccccc1. The monoisotopic (exact) mass is 262 g/mol. The van der Waals surface area contributed by atoms with Gasteiger partial charge >= 0.3 is 12.1 Å². The van der Waals surface area contributed by atoms with Crippen LogP contribution in [0.5, 0.6) is 0 Å². The molecular formula is C11H10N4O4. The van der Waals surface area contributed by atoms with E-state index in [0.29, 0.717) is 0 Å². The summed E-state index contributed by atoms with van der Waals surface area (Å²) < 4.78 is 4.91. The Hall–Kier alpha value is -2.90. The molecule has 0 saturated heterocycles. The van der Waals surface area contributed by atoms with Crippen LogP contribution >= 0.6 is 0 Å². The summed E-state index contributed by atoms with van der Waals surface area (Å²) in [4.78, 5) is 25.4. The van der Waals surface area contributed by atoms with Gasteiger partial charge in [-0.25, -0.2) is 9.59 Å². The van der Waals surface area contributed by atoms with Crippen molar-refractivity contribution < 1.29 is 19.4 Å². The molecular weight excluding hydrogens is 252 g/mol. The Labute approximate surface area is 107 Å². The van der Waals surface area contributed by atoms with Crippen LogP contribution < -0.4 is 5.32 Å². The average molecular weight is 262 g/mol. The lowest BCUT2D eigenvalue weighted by atomic mass is 10.2. The number of anilines is 1. The molecule has 1 amide bonds. The van der Waals surface area contributed by atoms with Gasteiger partial charge in [0.1, 0.15) is 6.61 Å². The number of carboxylic acids is 1. The molecule has 0 aliphatic heterocycles. The summed E-state index contributed by atoms with van der Waals surface area (Å²) in [5.41, 5.74) is 0.832. The van der Waals surface area contributed by atoms with Crippen LogP contribution in [0.3, 0.4) is 0 Å². The van der Waals surface area contributed by atoms with E-state index in [4.69, 9.17) is 9.84 Å². The van der Waals surface area contributed by atoms with Crippen LogP contribution in [0.2, 0.25) is 0 Å². The Kier molecular flexibility index (Phi) is 3.72. The van der Waals surface area contributed by atoms with Gasteiger partial charge in [-0.2, -0.15) is 4.98 Å². The molecule has 3 N–H and O–H groups in total. The van der Waals surface area contributed by atoms with E-state index in [-0.39, 0.29) is 18.4 Å². The van der Waals surface area contributed by atoms with Crippen LogP contribution in [0.4, 0.5) is 10.7 Å². The van der Waals surface area contributed by atoms with Crippen molar-refractivity contribution in [3.63, 3.8) is 0 Å². The second-order valence-electron chi connectivity index (χ2n) is 3.50. The number of carboxylic acid groups (broad SMARTS) is 1. The number of benzene rings is 1. The van der Waals surface area contributed by atoms with Gasteiger partial charge in [-0.05, 0) is 5.56 Å². The molecule has 2 aromatic rings. The molecule has 0 aliphatic carbocycles. The first-order valence-corrected chi connectivity index (χ1v) is 5.28. The molecule has 1 heterocycles. The van der Waals surface area contributed by atoms with Gasteiger partial charge in [0.15, 0.2) is 0 Å². The molecule has 8 nitrogen and oxygen atoms in total. The van der Waals surface area contributed by atoms with Crippen molar-refractivity contribution in [2.24, 2.45) is 0 Å². The first-order valence-electron chi connectivity index (χ1n) is 5.28. The van der Waals surface area contributed by atoms with E-state index in [1.807, 2.05) is 30.3 Å². The largest absolute Gasteiger partial charge is 0.475 e. The van der Waals surface area contributed by atoms with Gasteiger partial charge in [-0.15, -0.1) is 5.10 Å². The normalized spacial score (nSPS) is 9.89. The average Bonchev–Trinajstić information content (AvgIpc) is 2.86. The zero-order valence-corrected chi connectivity index (χ0v) is 9.66. The quantitative estimate of drug-likeness (QED) is 0.763. The van der Waals surface area contributed by atoms with Crippen LogP contribution in [0, 0.1) is 0 Å². The number of carbonyl (C=O) groups excluding carboxylic acids is 1. The number of aromatic amines is 1. The zero-order valence-electron chi connectivity index (χ0n) is 9.66. The third kappa shape index (κ3) is 3.53. The third-order valence-corrected chi connectivity index (χ3v) is 2.11. The minimum atomic E-state index is -1.27. The number of nitrogens with zero attached hydrogens (tertiary/aromatic N) is 2. The molecule has 1 aromatic heterocycles. The molecule has 0 fully saturated rings. The standard InChI is InChI=1S/C11H10N4O4/c16-9(17)8-12-10(15-14-8)13-11(18)19-6-7-4-2-1-3-5-7/h1-5H,6H2,(H,16,17)(H2,12,13,14,15,18). The van der Waals surface area contributed by atoms with Gasteiger partial charge in [-0.3, -0.25) is 10.4 Å². The third-order valence-electron chi connectivity index (χ3n) is 2.11. The van der Waals surface area contributed by atoms with E-state index in [0.717, 1.165) is 5.56 Å². The van der Waals surface area contributed by atoms with Crippen LogP contribution in [-0.4, -0.2) is 32.4 Å². The molecule has 0 unspecified atom stereocenters. The maximum absolute atomic E-state index is 11.4. The van der Waals surface area contributed by atoms with E-state index >= 15 is 0 Å². The molecule has 0 bridgehead atoms. The van der Waals surface area contributed by atoms with Gasteiger partial charge in [-0.1, -0.05) is 30.3 Å². The molecule has 98 valence electrons. The lowest BCUT2D eigenvalue weighted by molar-refractivity contribution is 0.0684. The topological polar surface area (TPSA) is 117 Å². The van der Waals surface area contributed by atoms with Crippen LogP contribution in [0.25, 0.3) is 0 Å². The highest BCUT2D eigenvalue weighted by Crippen LogP contribution is 2.03. The van der Waals surface area contributed by atoms with E-state index in [9.17, 15) is 9.59 Å². The van der Waals surface area contributed by atoms with Crippen molar-refractivity contribution in [1.82, 2.24) is 15.2 Å². The fourth-order valence-corrected chi connectivity index (χ4v) is 1.26. The molecule has 0 atom stereocenters. The molecule has 2 rings (SSSR count). The number of carbonyl (C=O) groups is 2. The van der Waals surface area contributed by atoms with E-state index in [2.05, 4.69) is 20.5 Å². The van der Waals surface area contributed by atoms with E-state index < -0.39 is 12.1 Å². The lowest BCUT2D eigenvalue weighted by Gasteiger charge is -2.03. The second-order valence-corrected chi connectivity index (χ2v) is 3.50. The maximum atomic E-state index is 11.4. The maximum Gasteiger partial charge on any atom is 0.414 e. The smallest absolute Gasteiger partial charge is 0.414 e. The highest BCUT2D eigenvalue weighted by Gasteiger charge is 2.12. The van der Waals surface area contributed by atoms with Crippen molar-refractivity contribution in [3.8, 4) is 0 Å². The predicted molar refractivity (Wildman–Crippen MR) is 63.6 cm³/mol. The Morgan fingerprint density at radius 3 is 2.68 bits per heavy atom. The van der Waals surface area contributed by atoms with Crippen LogP contribution in [0.15, 0.2) is 30.3 Å². The number of ether oxygens (including phenoxy) is 1. The minimum absolute atomic E-state index is 0.100. The summed E-state index contributed by atoms with van der Waals surface area (Å²) in [6.07, 6.45) is -0.764. The molecule has 0 spiro atoms. The minimum Gasteiger partial charge on any atom is -0.475 e. The number of hydrogen-bond donors (Lipinski definition) is 3. The van der Waals surface area contributed by atoms with Crippen molar-refractivity contribution in [2.45, 2.75) is 6.61 Å². The Bertz CT molecular complexity index is 581. The number of nitrogens with one attached hydrogen (secondary N) is 2. The van der Waals surface area contributed by atoms with Crippen molar-refractivity contribution >= 4 is 18.0 Å². The second kappa shape index (κ2) is 5.63. The molecule has 1 aromatic carbocycles. The molecule has 0 radical (unpaired) electrons. The number of aromatic carboxylic acids is 1. The van der Waals surface area contributed by atoms with E-state index in [1.165, 1.54) is 0 Å². The highest BCUT2D eigenvalue weighted by atomic mass is 16.5. The number of aromatic nitrogens is 3. The zero-order chi connectivity index (χ0) is 13.7. The first kappa shape index (κ1) is 12.6. The number of H-pyrrole nitrogens is 1. The van der Waals surface area contributed by atoms with Crippen LogP contribution in [-0.2, 0) is 11.3 Å². The summed E-state index contributed by atoms with van der Waals surface area (Å²) in [6.45, 7) is 0.100. The first-order chi connectivity index (χ1) is 9.15. The highest BCUT2D eigenvalue weighted by molar-refractivity contribution is 5.85. The summed E-state index contributed by atoms with van der Waals surface area (Å²) in [7, 11) is 0. The Morgan fingerprint density at radius 1 is 1.32 bits per heavy atom. The van der Waals surface area contributed by atoms with Gasteiger partial charge in [0.25, 0.3) is 5.95 Å². The van der Waals surface area contributed by atoms with Crippen molar-refractivity contribution in [2.75, 3.05) is 5.32 Å². The number of rotatable bonds is 4. The van der Waals surface area contributed by atoms with Gasteiger partial charge in [0.2, 0.25) is 5.82 Å². The fourth-order valence-electron chi connectivity index (χ4n) is 1.26. The van der Waals surface area contributed by atoms with Crippen LogP contribution in [0.1, 0.15) is 16.2 Å². The van der Waals surface area contributed by atoms with Crippen molar-refractivity contribution in [3.05, 3.63) is 41.7 Å². The summed E-state index contributed by atoms with van der Waals surface area (Å²) in [6, 6.07) is 9.12. The molecule has 0 aliphatic rings. The Morgan fingerprint density at radius 2 is 2.05 bits per heavy atom. The Balaban J connectivity index is 1.85. The van der Waals surface area contributed by atoms with Gasteiger partial charge < -0.3 is 9.84 Å². The molecule has 8 heteroatoms. The summed E-state index contributed by atoms with van der Waals surface area (Å²) in [5.74, 6) is -1.79. The summed E-state index contributed by atoms with van der Waals surface area (Å²) in [5, 5.41) is 16.5. The van der Waals surface area contributed by atoms with Crippen molar-refractivity contribution in [1.29, 1.82) is 0 Å². The fraction of sp³-hybridized carbons (Fsp3) is 0.0909. The summed E-state index contributed by atoms with van der Waals surface area (Å²) >= 11 is 0. The number of hydrogen-bond acceptors (Lipinski definition) is 5. The lowest BCUT2D eigenvalue weighted by Crippen LogP contribution is -2.14.